The molecule has 0 atom stereocenters. The van der Waals surface area contributed by atoms with E-state index in [-0.39, 0.29) is 11.4 Å². The Kier molecular flexibility index (Phi) is 3.80. The Bertz CT molecular complexity index is 588. The normalized spacial score (nSPS) is 11.8. The second kappa shape index (κ2) is 5.34. The minimum atomic E-state index is -3.48. The van der Waals surface area contributed by atoms with Crippen LogP contribution in [-0.4, -0.2) is 29.9 Å². The van der Waals surface area contributed by atoms with Gasteiger partial charge in [0, 0.05) is 43.8 Å². The molecule has 0 unspecified atom stereocenters. The predicted octanol–water partition coefficient (Wildman–Crippen LogP) is -0.282. The average Bonchev–Trinajstić information content (AvgIpc) is 2.99. The fourth-order valence-electron chi connectivity index (χ4n) is 1.51. The fourth-order valence-corrected chi connectivity index (χ4v) is 2.56. The SMILES string of the molecule is NCc1cc(S(=O)(=O)NCCc2ncc[nH]2)c[nH]1. The Morgan fingerprint density at radius 3 is 2.83 bits per heavy atom. The number of hydrogen-bond acceptors (Lipinski definition) is 4. The first kappa shape index (κ1) is 12.8. The topological polar surface area (TPSA) is 117 Å². The first-order valence-electron chi connectivity index (χ1n) is 5.47. The summed E-state index contributed by atoms with van der Waals surface area (Å²) in [6.07, 6.45) is 5.27. The van der Waals surface area contributed by atoms with E-state index in [9.17, 15) is 8.42 Å². The molecule has 0 amide bonds. The van der Waals surface area contributed by atoms with E-state index >= 15 is 0 Å². The monoisotopic (exact) mass is 269 g/mol. The maximum Gasteiger partial charge on any atom is 0.242 e. The molecule has 0 saturated heterocycles. The second-order valence-corrected chi connectivity index (χ2v) is 5.52. The van der Waals surface area contributed by atoms with Crippen LogP contribution in [0.25, 0.3) is 0 Å². The summed E-state index contributed by atoms with van der Waals surface area (Å²) in [6.45, 7) is 0.570. The van der Waals surface area contributed by atoms with Crippen molar-refractivity contribution in [3.05, 3.63) is 36.2 Å². The average molecular weight is 269 g/mol. The molecule has 0 bridgehead atoms. The Labute approximate surface area is 105 Å². The first-order valence-corrected chi connectivity index (χ1v) is 6.95. The number of sulfonamides is 1. The summed E-state index contributed by atoms with van der Waals surface area (Å²) >= 11 is 0. The van der Waals surface area contributed by atoms with Gasteiger partial charge in [-0.25, -0.2) is 18.1 Å². The van der Waals surface area contributed by atoms with Gasteiger partial charge in [0.25, 0.3) is 0 Å². The van der Waals surface area contributed by atoms with Gasteiger partial charge < -0.3 is 15.7 Å². The molecule has 98 valence electrons. The number of hydrogen-bond donors (Lipinski definition) is 4. The smallest absolute Gasteiger partial charge is 0.242 e. The van der Waals surface area contributed by atoms with Crippen molar-refractivity contribution in [2.45, 2.75) is 17.9 Å². The number of rotatable bonds is 6. The number of H-pyrrole nitrogens is 2. The molecule has 0 fully saturated rings. The summed E-state index contributed by atoms with van der Waals surface area (Å²) in [7, 11) is -3.48. The van der Waals surface area contributed by atoms with Gasteiger partial charge in [0.1, 0.15) is 5.82 Å². The van der Waals surface area contributed by atoms with Gasteiger partial charge in [0.2, 0.25) is 10.0 Å². The lowest BCUT2D eigenvalue weighted by molar-refractivity contribution is 0.581. The van der Waals surface area contributed by atoms with E-state index in [1.165, 1.54) is 12.3 Å². The third-order valence-electron chi connectivity index (χ3n) is 2.46. The number of aromatic amines is 2. The first-order chi connectivity index (χ1) is 8.62. The Hall–Kier alpha value is -1.64. The molecule has 18 heavy (non-hydrogen) atoms. The van der Waals surface area contributed by atoms with Crippen molar-refractivity contribution < 1.29 is 8.42 Å². The maximum absolute atomic E-state index is 11.9. The highest BCUT2D eigenvalue weighted by Gasteiger charge is 2.15. The fraction of sp³-hybridized carbons (Fsp3) is 0.300. The van der Waals surface area contributed by atoms with Crippen LogP contribution in [0, 0.1) is 0 Å². The van der Waals surface area contributed by atoms with Crippen molar-refractivity contribution >= 4 is 10.0 Å². The molecule has 2 aromatic rings. The van der Waals surface area contributed by atoms with Gasteiger partial charge in [-0.15, -0.1) is 0 Å². The van der Waals surface area contributed by atoms with Crippen molar-refractivity contribution in [1.29, 1.82) is 0 Å². The van der Waals surface area contributed by atoms with Crippen molar-refractivity contribution in [2.75, 3.05) is 6.54 Å². The molecule has 0 radical (unpaired) electrons. The summed E-state index contributed by atoms with van der Waals surface area (Å²) in [5.41, 5.74) is 6.09. The number of nitrogens with zero attached hydrogens (tertiary/aromatic N) is 1. The lowest BCUT2D eigenvalue weighted by Crippen LogP contribution is -2.25. The molecule has 0 saturated carbocycles. The zero-order valence-electron chi connectivity index (χ0n) is 9.68. The highest BCUT2D eigenvalue weighted by molar-refractivity contribution is 7.89. The lowest BCUT2D eigenvalue weighted by Gasteiger charge is -2.03. The van der Waals surface area contributed by atoms with Crippen LogP contribution >= 0.6 is 0 Å². The number of nitrogens with one attached hydrogen (secondary N) is 3. The zero-order chi connectivity index (χ0) is 13.0. The van der Waals surface area contributed by atoms with Gasteiger partial charge in [-0.2, -0.15) is 0 Å². The van der Waals surface area contributed by atoms with Crippen LogP contribution in [0.1, 0.15) is 11.5 Å². The molecule has 5 N–H and O–H groups in total. The largest absolute Gasteiger partial charge is 0.363 e. The van der Waals surface area contributed by atoms with Crippen LogP contribution in [0.4, 0.5) is 0 Å². The van der Waals surface area contributed by atoms with Gasteiger partial charge in [-0.05, 0) is 6.07 Å². The maximum atomic E-state index is 11.9. The van der Waals surface area contributed by atoms with Crippen LogP contribution in [0.5, 0.6) is 0 Å². The second-order valence-electron chi connectivity index (χ2n) is 3.75. The third-order valence-corrected chi connectivity index (χ3v) is 3.90. The molecule has 8 heteroatoms. The summed E-state index contributed by atoms with van der Waals surface area (Å²) in [5, 5.41) is 0. The van der Waals surface area contributed by atoms with Crippen LogP contribution in [0.15, 0.2) is 29.6 Å². The predicted molar refractivity (Wildman–Crippen MR) is 66.2 cm³/mol. The van der Waals surface area contributed by atoms with E-state index in [1.807, 2.05) is 0 Å². The number of nitrogens with two attached hydrogens (primary N) is 1. The zero-order valence-corrected chi connectivity index (χ0v) is 10.5. The molecule has 7 nitrogen and oxygen atoms in total. The molecule has 2 heterocycles. The van der Waals surface area contributed by atoms with Crippen molar-refractivity contribution in [3.63, 3.8) is 0 Å². The lowest BCUT2D eigenvalue weighted by atomic mass is 10.4. The molecule has 0 aliphatic rings. The third kappa shape index (κ3) is 2.97. The summed E-state index contributed by atoms with van der Waals surface area (Å²) in [6, 6.07) is 1.52. The number of aromatic nitrogens is 3. The molecule has 0 aliphatic carbocycles. The van der Waals surface area contributed by atoms with E-state index in [2.05, 4.69) is 19.7 Å². The molecule has 2 rings (SSSR count). The molecular formula is C10H15N5O2S. The van der Waals surface area contributed by atoms with Crippen LogP contribution in [0.3, 0.4) is 0 Å². The quantitative estimate of drug-likeness (QED) is 0.577. The van der Waals surface area contributed by atoms with Crippen LogP contribution < -0.4 is 10.5 Å². The Balaban J connectivity index is 1.95. The highest BCUT2D eigenvalue weighted by atomic mass is 32.2. The molecule has 0 aromatic carbocycles. The van der Waals surface area contributed by atoms with Gasteiger partial charge in [0.05, 0.1) is 4.90 Å². The van der Waals surface area contributed by atoms with Gasteiger partial charge in [0.15, 0.2) is 0 Å². The van der Waals surface area contributed by atoms with E-state index < -0.39 is 10.0 Å². The molecular weight excluding hydrogens is 254 g/mol. The van der Waals surface area contributed by atoms with Crippen molar-refractivity contribution in [1.82, 2.24) is 19.7 Å². The van der Waals surface area contributed by atoms with Gasteiger partial charge >= 0.3 is 0 Å². The van der Waals surface area contributed by atoms with E-state index in [1.54, 1.807) is 12.4 Å². The standard InChI is InChI=1S/C10H15N5O2S/c11-6-8-5-9(7-14-8)18(16,17)15-2-1-10-12-3-4-13-10/h3-5,7,14-15H,1-2,6,11H2,(H,12,13). The van der Waals surface area contributed by atoms with Crippen molar-refractivity contribution in [2.24, 2.45) is 5.73 Å². The molecule has 0 aliphatic heterocycles. The minimum Gasteiger partial charge on any atom is -0.363 e. The Morgan fingerprint density at radius 2 is 2.22 bits per heavy atom. The van der Waals surface area contributed by atoms with Crippen molar-refractivity contribution in [3.8, 4) is 0 Å². The highest BCUT2D eigenvalue weighted by Crippen LogP contribution is 2.09. The van der Waals surface area contributed by atoms with Gasteiger partial charge in [-0.3, -0.25) is 0 Å². The summed E-state index contributed by atoms with van der Waals surface area (Å²) in [4.78, 5) is 9.92. The van der Waals surface area contributed by atoms with Gasteiger partial charge in [-0.1, -0.05) is 0 Å². The Morgan fingerprint density at radius 1 is 1.39 bits per heavy atom. The van der Waals surface area contributed by atoms with Crippen LogP contribution in [0.2, 0.25) is 0 Å². The van der Waals surface area contributed by atoms with E-state index in [4.69, 9.17) is 5.73 Å². The number of imidazole rings is 1. The minimum absolute atomic E-state index is 0.197. The summed E-state index contributed by atoms with van der Waals surface area (Å²) < 4.78 is 26.3. The molecule has 0 spiro atoms. The van der Waals surface area contributed by atoms with E-state index in [0.717, 1.165) is 5.82 Å². The summed E-state index contributed by atoms with van der Waals surface area (Å²) in [5.74, 6) is 0.745. The van der Waals surface area contributed by atoms with Crippen LogP contribution in [-0.2, 0) is 23.0 Å². The van der Waals surface area contributed by atoms with E-state index in [0.29, 0.717) is 18.7 Å². The molecule has 2 aromatic heterocycles.